The van der Waals surface area contributed by atoms with Gasteiger partial charge >= 0.3 is 0 Å². The van der Waals surface area contributed by atoms with E-state index in [1.165, 1.54) is 12.8 Å². The lowest BCUT2D eigenvalue weighted by Gasteiger charge is -2.01. The largest absolute Gasteiger partial charge is 0.320 e. The lowest BCUT2D eigenvalue weighted by molar-refractivity contribution is 0.603. The minimum Gasteiger partial charge on any atom is -0.320 e. The van der Waals surface area contributed by atoms with Gasteiger partial charge in [-0.25, -0.2) is 0 Å². The van der Waals surface area contributed by atoms with E-state index in [9.17, 15) is 0 Å². The van der Waals surface area contributed by atoms with E-state index in [1.807, 2.05) is 11.6 Å². The first-order valence-electron chi connectivity index (χ1n) is 4.40. The summed E-state index contributed by atoms with van der Waals surface area (Å²) >= 11 is 0. The van der Waals surface area contributed by atoms with E-state index in [0.29, 0.717) is 0 Å². The molecule has 66 valence electrons. The highest BCUT2D eigenvalue weighted by Gasteiger charge is 2.20. The van der Waals surface area contributed by atoms with Gasteiger partial charge in [-0.15, -0.1) is 10.2 Å². The van der Waals surface area contributed by atoms with Crippen molar-refractivity contribution in [2.24, 2.45) is 13.0 Å². The summed E-state index contributed by atoms with van der Waals surface area (Å²) in [6, 6.07) is 0. The zero-order valence-electron chi connectivity index (χ0n) is 7.32. The third kappa shape index (κ3) is 1.82. The number of nitrogens with zero attached hydrogens (tertiary/aromatic N) is 3. The minimum absolute atomic E-state index is 0.840. The van der Waals surface area contributed by atoms with Crippen LogP contribution in [-0.4, -0.2) is 21.3 Å². The molecule has 0 aliphatic heterocycles. The second-order valence-electron chi connectivity index (χ2n) is 3.43. The van der Waals surface area contributed by atoms with Crippen molar-refractivity contribution in [3.8, 4) is 0 Å². The van der Waals surface area contributed by atoms with Crippen LogP contribution in [-0.2, 0) is 13.6 Å². The van der Waals surface area contributed by atoms with Crippen molar-refractivity contribution in [3.63, 3.8) is 0 Å². The Bertz CT molecular complexity index is 251. The Balaban J connectivity index is 1.75. The molecule has 1 N–H and O–H groups in total. The molecular weight excluding hydrogens is 152 g/mol. The highest BCUT2D eigenvalue weighted by Crippen LogP contribution is 2.27. The van der Waals surface area contributed by atoms with Gasteiger partial charge in [0.15, 0.2) is 0 Å². The summed E-state index contributed by atoms with van der Waals surface area (Å²) in [5, 5.41) is 11.2. The third-order valence-electron chi connectivity index (χ3n) is 2.22. The monoisotopic (exact) mass is 166 g/mol. The lowest BCUT2D eigenvalue weighted by Crippen LogP contribution is -2.18. The predicted molar refractivity (Wildman–Crippen MR) is 45.4 cm³/mol. The van der Waals surface area contributed by atoms with Crippen molar-refractivity contribution in [2.75, 3.05) is 6.54 Å². The second kappa shape index (κ2) is 3.23. The Labute approximate surface area is 72.0 Å². The van der Waals surface area contributed by atoms with Crippen molar-refractivity contribution < 1.29 is 0 Å². The average Bonchev–Trinajstić information content (AvgIpc) is 2.78. The van der Waals surface area contributed by atoms with E-state index in [0.717, 1.165) is 24.8 Å². The van der Waals surface area contributed by atoms with Crippen LogP contribution >= 0.6 is 0 Å². The van der Waals surface area contributed by atoms with Crippen LogP contribution in [0.4, 0.5) is 0 Å². The maximum Gasteiger partial charge on any atom is 0.146 e. The SMILES string of the molecule is Cn1cnnc1CNCC1CC1. The summed E-state index contributed by atoms with van der Waals surface area (Å²) in [4.78, 5) is 0. The number of aryl methyl sites for hydroxylation is 1. The molecule has 0 aromatic carbocycles. The molecule has 0 bridgehead atoms. The van der Waals surface area contributed by atoms with Crippen LogP contribution in [0, 0.1) is 5.92 Å². The fourth-order valence-corrected chi connectivity index (χ4v) is 1.18. The maximum atomic E-state index is 3.98. The van der Waals surface area contributed by atoms with Crippen LogP contribution < -0.4 is 5.32 Å². The first-order chi connectivity index (χ1) is 5.86. The van der Waals surface area contributed by atoms with Crippen LogP contribution in [0.1, 0.15) is 18.7 Å². The molecule has 0 radical (unpaired) electrons. The molecule has 0 unspecified atom stereocenters. The average molecular weight is 166 g/mol. The number of hydrogen-bond acceptors (Lipinski definition) is 3. The summed E-state index contributed by atoms with van der Waals surface area (Å²) < 4.78 is 1.94. The van der Waals surface area contributed by atoms with Gasteiger partial charge in [0, 0.05) is 7.05 Å². The molecule has 12 heavy (non-hydrogen) atoms. The first kappa shape index (κ1) is 7.73. The van der Waals surface area contributed by atoms with Gasteiger partial charge in [0.1, 0.15) is 12.2 Å². The van der Waals surface area contributed by atoms with Crippen molar-refractivity contribution >= 4 is 0 Å². The molecule has 4 nitrogen and oxygen atoms in total. The Kier molecular flexibility index (Phi) is 2.08. The molecule has 0 amide bonds. The van der Waals surface area contributed by atoms with Gasteiger partial charge in [0.25, 0.3) is 0 Å². The van der Waals surface area contributed by atoms with Crippen LogP contribution in [0.3, 0.4) is 0 Å². The van der Waals surface area contributed by atoms with Gasteiger partial charge in [-0.1, -0.05) is 0 Å². The zero-order chi connectivity index (χ0) is 8.39. The fraction of sp³-hybridized carbons (Fsp3) is 0.750. The first-order valence-corrected chi connectivity index (χ1v) is 4.40. The maximum absolute atomic E-state index is 3.98. The van der Waals surface area contributed by atoms with Crippen molar-refractivity contribution in [1.82, 2.24) is 20.1 Å². The number of aromatic nitrogens is 3. The van der Waals surface area contributed by atoms with Crippen molar-refractivity contribution in [2.45, 2.75) is 19.4 Å². The molecule has 1 aromatic rings. The van der Waals surface area contributed by atoms with Crippen LogP contribution in [0.5, 0.6) is 0 Å². The Morgan fingerprint density at radius 2 is 2.50 bits per heavy atom. The predicted octanol–water partition coefficient (Wildman–Crippen LogP) is 0.315. The molecule has 0 atom stereocenters. The summed E-state index contributed by atoms with van der Waals surface area (Å²) in [7, 11) is 1.97. The third-order valence-corrected chi connectivity index (χ3v) is 2.22. The number of nitrogens with one attached hydrogen (secondary N) is 1. The van der Waals surface area contributed by atoms with E-state index in [1.54, 1.807) is 6.33 Å². The number of rotatable bonds is 4. The molecule has 1 aliphatic carbocycles. The molecule has 2 rings (SSSR count). The molecule has 1 aromatic heterocycles. The smallest absolute Gasteiger partial charge is 0.146 e. The lowest BCUT2D eigenvalue weighted by atomic mass is 10.4. The highest BCUT2D eigenvalue weighted by atomic mass is 15.3. The Hall–Kier alpha value is -0.900. The molecule has 4 heteroatoms. The fourth-order valence-electron chi connectivity index (χ4n) is 1.18. The van der Waals surface area contributed by atoms with Gasteiger partial charge in [0.05, 0.1) is 6.54 Å². The Morgan fingerprint density at radius 3 is 3.08 bits per heavy atom. The summed E-state index contributed by atoms with van der Waals surface area (Å²) in [6.45, 7) is 1.97. The van der Waals surface area contributed by atoms with Gasteiger partial charge < -0.3 is 9.88 Å². The van der Waals surface area contributed by atoms with E-state index < -0.39 is 0 Å². The zero-order valence-corrected chi connectivity index (χ0v) is 7.32. The standard InChI is InChI=1S/C8H14N4/c1-12-6-10-11-8(12)5-9-4-7-2-3-7/h6-7,9H,2-5H2,1H3. The van der Waals surface area contributed by atoms with E-state index in [-0.39, 0.29) is 0 Å². The van der Waals surface area contributed by atoms with Gasteiger partial charge in [-0.05, 0) is 25.3 Å². The summed E-state index contributed by atoms with van der Waals surface area (Å²) in [5.41, 5.74) is 0. The normalized spacial score (nSPS) is 16.8. The molecule has 1 saturated carbocycles. The quantitative estimate of drug-likeness (QED) is 0.700. The van der Waals surface area contributed by atoms with Crippen LogP contribution in [0.25, 0.3) is 0 Å². The molecule has 1 heterocycles. The Morgan fingerprint density at radius 1 is 1.67 bits per heavy atom. The van der Waals surface area contributed by atoms with Crippen molar-refractivity contribution in [3.05, 3.63) is 12.2 Å². The van der Waals surface area contributed by atoms with Crippen LogP contribution in [0.2, 0.25) is 0 Å². The van der Waals surface area contributed by atoms with Gasteiger partial charge in [0.2, 0.25) is 0 Å². The van der Waals surface area contributed by atoms with E-state index in [2.05, 4.69) is 15.5 Å². The summed E-state index contributed by atoms with van der Waals surface area (Å²) in [5.74, 6) is 1.94. The molecule has 1 fully saturated rings. The van der Waals surface area contributed by atoms with Crippen LogP contribution in [0.15, 0.2) is 6.33 Å². The molecule has 0 saturated heterocycles. The second-order valence-corrected chi connectivity index (χ2v) is 3.43. The van der Waals surface area contributed by atoms with E-state index in [4.69, 9.17) is 0 Å². The van der Waals surface area contributed by atoms with Gasteiger partial charge in [-0.3, -0.25) is 0 Å². The molecule has 1 aliphatic rings. The summed E-state index contributed by atoms with van der Waals surface area (Å²) in [6.07, 6.45) is 4.52. The van der Waals surface area contributed by atoms with Crippen molar-refractivity contribution in [1.29, 1.82) is 0 Å². The minimum atomic E-state index is 0.840. The van der Waals surface area contributed by atoms with Gasteiger partial charge in [-0.2, -0.15) is 0 Å². The topological polar surface area (TPSA) is 42.7 Å². The highest BCUT2D eigenvalue weighted by molar-refractivity contribution is 4.84. The van der Waals surface area contributed by atoms with E-state index >= 15 is 0 Å². The molecular formula is C8H14N4. The number of hydrogen-bond donors (Lipinski definition) is 1. The molecule has 0 spiro atoms.